The first-order valence-corrected chi connectivity index (χ1v) is 9.63. The molecule has 1 heterocycles. The highest BCUT2D eigenvalue weighted by atomic mass is 32.1. The highest BCUT2D eigenvalue weighted by molar-refractivity contribution is 7.13. The van der Waals surface area contributed by atoms with E-state index in [4.69, 9.17) is 4.74 Å². The zero-order valence-corrected chi connectivity index (χ0v) is 15.1. The minimum Gasteiger partial charge on any atom is -0.489 e. The van der Waals surface area contributed by atoms with E-state index in [-0.39, 0.29) is 12.2 Å². The molecule has 0 saturated heterocycles. The second kappa shape index (κ2) is 7.27. The van der Waals surface area contributed by atoms with E-state index >= 15 is 0 Å². The maximum absolute atomic E-state index is 12.6. The molecule has 1 aliphatic rings. The second-order valence-corrected chi connectivity index (χ2v) is 7.70. The zero-order valence-electron chi connectivity index (χ0n) is 14.3. The number of aromatic nitrogens is 1. The van der Waals surface area contributed by atoms with E-state index in [1.807, 2.05) is 28.2 Å². The third-order valence-corrected chi connectivity index (χ3v) is 6.16. The van der Waals surface area contributed by atoms with Crippen molar-refractivity contribution in [3.8, 4) is 5.75 Å². The van der Waals surface area contributed by atoms with Crippen molar-refractivity contribution >= 4 is 34.2 Å². The number of nitrogens with zero attached hydrogens (tertiary/aromatic N) is 1. The number of benzene rings is 2. The molecule has 2 N–H and O–H groups in total. The SMILES string of the molecule is O=c1c2ccc(OCc3ccccc3B(O)O)cc2sn1C1CCCC1. The lowest BCUT2D eigenvalue weighted by Gasteiger charge is -2.10. The predicted molar refractivity (Wildman–Crippen MR) is 104 cm³/mol. The summed E-state index contributed by atoms with van der Waals surface area (Å²) in [5, 5.41) is 19.6. The number of hydrogen-bond donors (Lipinski definition) is 2. The van der Waals surface area contributed by atoms with Crippen LogP contribution >= 0.6 is 11.5 Å². The van der Waals surface area contributed by atoms with Crippen LogP contribution in [-0.2, 0) is 6.61 Å². The van der Waals surface area contributed by atoms with Gasteiger partial charge in [-0.1, -0.05) is 48.6 Å². The Morgan fingerprint density at radius 1 is 1.15 bits per heavy atom. The first kappa shape index (κ1) is 17.3. The van der Waals surface area contributed by atoms with Gasteiger partial charge in [0.15, 0.2) is 0 Å². The van der Waals surface area contributed by atoms with Crippen LogP contribution in [0.3, 0.4) is 0 Å². The van der Waals surface area contributed by atoms with Gasteiger partial charge in [0.05, 0.1) is 10.1 Å². The van der Waals surface area contributed by atoms with E-state index < -0.39 is 7.12 Å². The van der Waals surface area contributed by atoms with Gasteiger partial charge in [-0.3, -0.25) is 8.75 Å². The third kappa shape index (κ3) is 3.30. The third-order valence-electron chi connectivity index (χ3n) is 4.96. The Kier molecular flexibility index (Phi) is 4.85. The first-order chi connectivity index (χ1) is 12.6. The van der Waals surface area contributed by atoms with Gasteiger partial charge in [0, 0.05) is 6.04 Å². The average molecular weight is 369 g/mol. The molecular weight excluding hydrogens is 349 g/mol. The molecule has 2 aromatic carbocycles. The molecule has 1 aliphatic carbocycles. The van der Waals surface area contributed by atoms with Crippen LogP contribution in [0.2, 0.25) is 0 Å². The molecule has 1 saturated carbocycles. The molecule has 0 aliphatic heterocycles. The molecule has 0 radical (unpaired) electrons. The fourth-order valence-electron chi connectivity index (χ4n) is 3.57. The van der Waals surface area contributed by atoms with Crippen molar-refractivity contribution < 1.29 is 14.8 Å². The van der Waals surface area contributed by atoms with Crippen molar-refractivity contribution in [3.05, 3.63) is 58.4 Å². The summed E-state index contributed by atoms with van der Waals surface area (Å²) in [6.45, 7) is 0.234. The smallest absolute Gasteiger partial charge is 0.488 e. The van der Waals surface area contributed by atoms with Gasteiger partial charge in [-0.15, -0.1) is 0 Å². The van der Waals surface area contributed by atoms with Gasteiger partial charge < -0.3 is 14.8 Å². The Labute approximate surface area is 155 Å². The molecule has 26 heavy (non-hydrogen) atoms. The van der Waals surface area contributed by atoms with E-state index in [1.165, 1.54) is 24.4 Å². The summed E-state index contributed by atoms with van der Waals surface area (Å²) < 4.78 is 8.68. The van der Waals surface area contributed by atoms with Crippen LogP contribution in [0.5, 0.6) is 5.75 Å². The second-order valence-electron chi connectivity index (χ2n) is 6.68. The molecule has 4 rings (SSSR count). The molecule has 134 valence electrons. The standard InChI is InChI=1S/C19H20BNO4S/c22-19-16-10-9-15(11-18(16)26-21(19)14-6-2-3-7-14)25-12-13-5-1-4-8-17(13)20(23)24/h1,4-5,8-11,14,23-24H,2-3,6-7,12H2. The van der Waals surface area contributed by atoms with Gasteiger partial charge in [0.25, 0.3) is 5.56 Å². The molecule has 0 spiro atoms. The maximum Gasteiger partial charge on any atom is 0.488 e. The van der Waals surface area contributed by atoms with Crippen molar-refractivity contribution in [3.63, 3.8) is 0 Å². The van der Waals surface area contributed by atoms with E-state index in [1.54, 1.807) is 18.2 Å². The molecule has 0 atom stereocenters. The van der Waals surface area contributed by atoms with E-state index in [0.29, 0.717) is 17.3 Å². The molecule has 7 heteroatoms. The van der Waals surface area contributed by atoms with Gasteiger partial charge in [-0.05, 0) is 42.1 Å². The Morgan fingerprint density at radius 3 is 2.69 bits per heavy atom. The monoisotopic (exact) mass is 369 g/mol. The zero-order chi connectivity index (χ0) is 18.1. The van der Waals surface area contributed by atoms with Crippen LogP contribution in [0.25, 0.3) is 10.1 Å². The first-order valence-electron chi connectivity index (χ1n) is 8.86. The number of rotatable bonds is 5. The van der Waals surface area contributed by atoms with E-state index in [0.717, 1.165) is 28.5 Å². The number of ether oxygens (including phenoxy) is 1. The number of hydrogen-bond acceptors (Lipinski definition) is 5. The molecule has 1 aromatic heterocycles. The summed E-state index contributed by atoms with van der Waals surface area (Å²) >= 11 is 1.51. The van der Waals surface area contributed by atoms with Crippen LogP contribution in [0.1, 0.15) is 37.3 Å². The highest BCUT2D eigenvalue weighted by Crippen LogP contribution is 2.32. The fourth-order valence-corrected chi connectivity index (χ4v) is 4.74. The molecule has 3 aromatic rings. The van der Waals surface area contributed by atoms with Gasteiger partial charge in [-0.25, -0.2) is 0 Å². The van der Waals surface area contributed by atoms with Crippen molar-refractivity contribution in [2.24, 2.45) is 0 Å². The normalized spacial score (nSPS) is 14.8. The summed E-state index contributed by atoms with van der Waals surface area (Å²) in [7, 11) is -1.53. The summed E-state index contributed by atoms with van der Waals surface area (Å²) in [5.41, 5.74) is 1.25. The fraction of sp³-hybridized carbons (Fsp3) is 0.316. The van der Waals surface area contributed by atoms with Crippen LogP contribution in [0.15, 0.2) is 47.3 Å². The molecule has 5 nitrogen and oxygen atoms in total. The summed E-state index contributed by atoms with van der Waals surface area (Å²) in [5.74, 6) is 0.666. The predicted octanol–water partition coefficient (Wildman–Crippen LogP) is 2.44. The van der Waals surface area contributed by atoms with E-state index in [9.17, 15) is 14.8 Å². The molecule has 0 unspecified atom stereocenters. The Balaban J connectivity index is 1.57. The molecular formula is C19H20BNO4S. The van der Waals surface area contributed by atoms with E-state index in [2.05, 4.69) is 0 Å². The van der Waals surface area contributed by atoms with Crippen molar-refractivity contribution in [2.75, 3.05) is 0 Å². The minimum absolute atomic E-state index is 0.0946. The molecule has 0 bridgehead atoms. The average Bonchev–Trinajstić information content (AvgIpc) is 3.28. The topological polar surface area (TPSA) is 71.7 Å². The Bertz CT molecular complexity index is 975. The van der Waals surface area contributed by atoms with Gasteiger partial charge in [0.1, 0.15) is 12.4 Å². The quantitative estimate of drug-likeness (QED) is 0.678. The molecule has 0 amide bonds. The Hall–Kier alpha value is -2.09. The van der Waals surface area contributed by atoms with Crippen molar-refractivity contribution in [2.45, 2.75) is 38.3 Å². The molecule has 1 fully saturated rings. The lowest BCUT2D eigenvalue weighted by atomic mass is 9.77. The largest absolute Gasteiger partial charge is 0.489 e. The van der Waals surface area contributed by atoms with Crippen LogP contribution in [0, 0.1) is 0 Å². The lowest BCUT2D eigenvalue weighted by molar-refractivity contribution is 0.307. The summed E-state index contributed by atoms with van der Waals surface area (Å²) in [6, 6.07) is 12.9. The maximum atomic E-state index is 12.6. The van der Waals surface area contributed by atoms with Crippen molar-refractivity contribution in [1.29, 1.82) is 0 Å². The summed E-state index contributed by atoms with van der Waals surface area (Å²) in [4.78, 5) is 12.6. The van der Waals surface area contributed by atoms with Crippen LogP contribution < -0.4 is 15.8 Å². The van der Waals surface area contributed by atoms with Crippen LogP contribution in [-0.4, -0.2) is 21.1 Å². The summed E-state index contributed by atoms with van der Waals surface area (Å²) in [6.07, 6.45) is 4.54. The minimum atomic E-state index is -1.53. The Morgan fingerprint density at radius 2 is 1.92 bits per heavy atom. The number of fused-ring (bicyclic) bond motifs is 1. The van der Waals surface area contributed by atoms with Gasteiger partial charge >= 0.3 is 7.12 Å². The lowest BCUT2D eigenvalue weighted by Crippen LogP contribution is -2.33. The van der Waals surface area contributed by atoms with Gasteiger partial charge in [0.2, 0.25) is 0 Å². The van der Waals surface area contributed by atoms with Gasteiger partial charge in [-0.2, -0.15) is 0 Å². The highest BCUT2D eigenvalue weighted by Gasteiger charge is 2.21. The van der Waals surface area contributed by atoms with Crippen LogP contribution in [0.4, 0.5) is 0 Å². The van der Waals surface area contributed by atoms with Crippen molar-refractivity contribution in [1.82, 2.24) is 3.96 Å².